The molecule has 0 bridgehead atoms. The molecular formula is C25H24FNO3. The van der Waals surface area contributed by atoms with Gasteiger partial charge in [-0.05, 0) is 37.1 Å². The van der Waals surface area contributed by atoms with Crippen LogP contribution in [-0.2, 0) is 11.2 Å². The zero-order chi connectivity index (χ0) is 20.9. The molecule has 5 heteroatoms. The molecule has 0 N–H and O–H groups in total. The van der Waals surface area contributed by atoms with Crippen LogP contribution in [0.1, 0.15) is 35.4 Å². The Morgan fingerprint density at radius 2 is 1.63 bits per heavy atom. The van der Waals surface area contributed by atoms with E-state index in [1.807, 2.05) is 35.2 Å². The van der Waals surface area contributed by atoms with Crippen molar-refractivity contribution in [3.8, 4) is 11.3 Å². The molecular weight excluding hydrogens is 381 g/mol. The Kier molecular flexibility index (Phi) is 6.07. The number of rotatable bonds is 6. The summed E-state index contributed by atoms with van der Waals surface area (Å²) in [5.74, 6) is 1.00. The summed E-state index contributed by atoms with van der Waals surface area (Å²) < 4.78 is 19.6. The minimum Gasteiger partial charge on any atom is -0.461 e. The van der Waals surface area contributed by atoms with Gasteiger partial charge in [0.25, 0.3) is 0 Å². The molecule has 0 spiro atoms. The highest BCUT2D eigenvalue weighted by atomic mass is 19.1. The number of ketones is 1. The number of hydrogen-bond donors (Lipinski definition) is 0. The molecule has 0 aliphatic carbocycles. The Balaban J connectivity index is 1.28. The summed E-state index contributed by atoms with van der Waals surface area (Å²) in [4.78, 5) is 27.0. The number of furan rings is 1. The van der Waals surface area contributed by atoms with Crippen LogP contribution >= 0.6 is 0 Å². The first-order chi connectivity index (χ1) is 14.6. The molecule has 1 amide bonds. The summed E-state index contributed by atoms with van der Waals surface area (Å²) in [6.07, 6.45) is 2.19. The van der Waals surface area contributed by atoms with E-state index in [2.05, 4.69) is 0 Å². The fourth-order valence-corrected chi connectivity index (χ4v) is 3.94. The Labute approximate surface area is 175 Å². The summed E-state index contributed by atoms with van der Waals surface area (Å²) in [5, 5.41) is 0. The van der Waals surface area contributed by atoms with Crippen LogP contribution in [0.2, 0.25) is 0 Å². The van der Waals surface area contributed by atoms with Gasteiger partial charge in [0.1, 0.15) is 17.3 Å². The molecule has 4 rings (SSSR count). The van der Waals surface area contributed by atoms with Crippen molar-refractivity contribution in [2.24, 2.45) is 5.92 Å². The number of Topliss-reactive ketones (excluding diaryl/α,β-unsaturated/α-hetero) is 1. The van der Waals surface area contributed by atoms with Gasteiger partial charge in [-0.3, -0.25) is 9.59 Å². The number of benzene rings is 2. The fourth-order valence-electron chi connectivity index (χ4n) is 3.94. The Bertz CT molecular complexity index is 1020. The molecule has 1 aliphatic heterocycles. The van der Waals surface area contributed by atoms with Crippen LogP contribution in [0.5, 0.6) is 0 Å². The lowest BCUT2D eigenvalue weighted by Gasteiger charge is -2.31. The predicted molar refractivity (Wildman–Crippen MR) is 112 cm³/mol. The van der Waals surface area contributed by atoms with Crippen molar-refractivity contribution >= 4 is 11.7 Å². The average molecular weight is 405 g/mol. The third-order valence-electron chi connectivity index (χ3n) is 5.66. The molecule has 4 nitrogen and oxygen atoms in total. The zero-order valence-electron chi connectivity index (χ0n) is 16.7. The van der Waals surface area contributed by atoms with Crippen LogP contribution < -0.4 is 0 Å². The smallest absolute Gasteiger partial charge is 0.223 e. The van der Waals surface area contributed by atoms with E-state index in [-0.39, 0.29) is 23.4 Å². The van der Waals surface area contributed by atoms with Gasteiger partial charge in [-0.25, -0.2) is 4.39 Å². The molecule has 2 aromatic carbocycles. The van der Waals surface area contributed by atoms with E-state index in [0.29, 0.717) is 55.9 Å². The minimum atomic E-state index is -0.331. The highest BCUT2D eigenvalue weighted by Crippen LogP contribution is 2.26. The van der Waals surface area contributed by atoms with Crippen molar-refractivity contribution in [3.63, 3.8) is 0 Å². The SMILES string of the molecule is O=C(c1ccccc1)C1CCN(C(=O)CCc2ccc(-c3ccccc3F)o2)CC1. The topological polar surface area (TPSA) is 50.5 Å². The Hall–Kier alpha value is -3.21. The average Bonchev–Trinajstić information content (AvgIpc) is 3.27. The van der Waals surface area contributed by atoms with Crippen LogP contribution in [0.3, 0.4) is 0 Å². The maximum absolute atomic E-state index is 13.9. The molecule has 0 atom stereocenters. The predicted octanol–water partition coefficient (Wildman–Crippen LogP) is 5.14. The molecule has 0 unspecified atom stereocenters. The van der Waals surface area contributed by atoms with E-state index in [1.54, 1.807) is 30.3 Å². The molecule has 0 saturated carbocycles. The van der Waals surface area contributed by atoms with Crippen molar-refractivity contribution in [3.05, 3.63) is 83.9 Å². The van der Waals surface area contributed by atoms with Gasteiger partial charge in [-0.1, -0.05) is 42.5 Å². The Morgan fingerprint density at radius 3 is 2.37 bits per heavy atom. The van der Waals surface area contributed by atoms with Crippen LogP contribution in [0, 0.1) is 11.7 Å². The number of nitrogens with zero attached hydrogens (tertiary/aromatic N) is 1. The highest BCUT2D eigenvalue weighted by Gasteiger charge is 2.27. The van der Waals surface area contributed by atoms with Crippen LogP contribution in [-0.4, -0.2) is 29.7 Å². The second-order valence-corrected chi connectivity index (χ2v) is 7.63. The lowest BCUT2D eigenvalue weighted by Crippen LogP contribution is -2.40. The molecule has 1 saturated heterocycles. The third-order valence-corrected chi connectivity index (χ3v) is 5.66. The lowest BCUT2D eigenvalue weighted by atomic mass is 9.89. The van der Waals surface area contributed by atoms with Gasteiger partial charge in [0.2, 0.25) is 5.91 Å². The van der Waals surface area contributed by atoms with E-state index in [4.69, 9.17) is 4.42 Å². The molecule has 2 heterocycles. The van der Waals surface area contributed by atoms with E-state index >= 15 is 0 Å². The molecule has 154 valence electrons. The first-order valence-corrected chi connectivity index (χ1v) is 10.3. The number of hydrogen-bond acceptors (Lipinski definition) is 3. The van der Waals surface area contributed by atoms with Crippen LogP contribution in [0.4, 0.5) is 4.39 Å². The summed E-state index contributed by atoms with van der Waals surface area (Å²) in [6, 6.07) is 19.3. The molecule has 0 radical (unpaired) electrons. The van der Waals surface area contributed by atoms with Gasteiger partial charge in [0, 0.05) is 37.4 Å². The summed E-state index contributed by atoms with van der Waals surface area (Å²) >= 11 is 0. The molecule has 3 aromatic rings. The zero-order valence-corrected chi connectivity index (χ0v) is 16.7. The lowest BCUT2D eigenvalue weighted by molar-refractivity contribution is -0.132. The van der Waals surface area contributed by atoms with Gasteiger partial charge in [-0.15, -0.1) is 0 Å². The number of carbonyl (C=O) groups is 2. The van der Waals surface area contributed by atoms with Crippen molar-refractivity contribution in [2.75, 3.05) is 13.1 Å². The Morgan fingerprint density at radius 1 is 0.933 bits per heavy atom. The molecule has 30 heavy (non-hydrogen) atoms. The molecule has 1 aromatic heterocycles. The minimum absolute atomic E-state index is 0.0233. The standard InChI is InChI=1S/C25H24FNO3/c26-22-9-5-4-8-21(22)23-12-10-20(30-23)11-13-24(28)27-16-14-19(15-17-27)25(29)18-6-2-1-3-7-18/h1-10,12,19H,11,13-17H2. The monoisotopic (exact) mass is 405 g/mol. The van der Waals surface area contributed by atoms with Crippen molar-refractivity contribution < 1.29 is 18.4 Å². The van der Waals surface area contributed by atoms with Crippen molar-refractivity contribution in [2.45, 2.75) is 25.7 Å². The molecule has 1 fully saturated rings. The first kappa shape index (κ1) is 20.1. The van der Waals surface area contributed by atoms with Gasteiger partial charge in [0.15, 0.2) is 5.78 Å². The van der Waals surface area contributed by atoms with Crippen molar-refractivity contribution in [1.82, 2.24) is 4.90 Å². The summed E-state index contributed by atoms with van der Waals surface area (Å²) in [7, 11) is 0. The van der Waals surface area contributed by atoms with Crippen LogP contribution in [0.25, 0.3) is 11.3 Å². The van der Waals surface area contributed by atoms with Gasteiger partial charge < -0.3 is 9.32 Å². The molecule has 1 aliphatic rings. The van der Waals surface area contributed by atoms with Gasteiger partial charge >= 0.3 is 0 Å². The maximum Gasteiger partial charge on any atom is 0.223 e. The number of carbonyl (C=O) groups excluding carboxylic acids is 2. The first-order valence-electron chi connectivity index (χ1n) is 10.3. The van der Waals surface area contributed by atoms with E-state index < -0.39 is 0 Å². The van der Waals surface area contributed by atoms with Crippen LogP contribution in [0.15, 0.2) is 71.1 Å². The summed E-state index contributed by atoms with van der Waals surface area (Å²) in [6.45, 7) is 1.20. The maximum atomic E-state index is 13.9. The normalized spacial score (nSPS) is 14.6. The number of aryl methyl sites for hydroxylation is 1. The van der Waals surface area contributed by atoms with E-state index in [1.165, 1.54) is 6.07 Å². The second kappa shape index (κ2) is 9.08. The number of likely N-dealkylation sites (tertiary alicyclic amines) is 1. The largest absolute Gasteiger partial charge is 0.461 e. The number of amides is 1. The quantitative estimate of drug-likeness (QED) is 0.534. The third kappa shape index (κ3) is 4.51. The highest BCUT2D eigenvalue weighted by molar-refractivity contribution is 5.98. The second-order valence-electron chi connectivity index (χ2n) is 7.63. The van der Waals surface area contributed by atoms with E-state index in [0.717, 1.165) is 5.56 Å². The number of halogens is 1. The summed E-state index contributed by atoms with van der Waals surface area (Å²) in [5.41, 5.74) is 1.16. The van der Waals surface area contributed by atoms with Gasteiger partial charge in [0.05, 0.1) is 5.56 Å². The number of piperidine rings is 1. The van der Waals surface area contributed by atoms with E-state index in [9.17, 15) is 14.0 Å². The van der Waals surface area contributed by atoms with Crippen molar-refractivity contribution in [1.29, 1.82) is 0 Å². The fraction of sp³-hybridized carbons (Fsp3) is 0.280. The van der Waals surface area contributed by atoms with Gasteiger partial charge in [-0.2, -0.15) is 0 Å².